The van der Waals surface area contributed by atoms with Crippen LogP contribution in [-0.4, -0.2) is 51.9 Å². The smallest absolute Gasteiger partial charge is 0.253 e. The van der Waals surface area contributed by atoms with Gasteiger partial charge in [0.05, 0.1) is 4.90 Å². The van der Waals surface area contributed by atoms with Gasteiger partial charge in [0.1, 0.15) is 0 Å². The van der Waals surface area contributed by atoms with Gasteiger partial charge < -0.3 is 10.2 Å². The topological polar surface area (TPSA) is 78.5 Å². The van der Waals surface area contributed by atoms with Crippen molar-refractivity contribution in [2.75, 3.05) is 32.7 Å². The zero-order chi connectivity index (χ0) is 19.2. The number of hydrogen-bond donors (Lipinski definition) is 2. The van der Waals surface area contributed by atoms with E-state index in [2.05, 4.69) is 17.0 Å². The maximum absolute atomic E-state index is 12.6. The highest BCUT2D eigenvalue weighted by atomic mass is 32.2. The van der Waals surface area contributed by atoms with Crippen LogP contribution in [0.2, 0.25) is 0 Å². The van der Waals surface area contributed by atoms with E-state index in [1.165, 1.54) is 12.1 Å². The van der Waals surface area contributed by atoms with Crippen molar-refractivity contribution < 1.29 is 13.2 Å². The minimum atomic E-state index is -3.52. The Hall–Kier alpha value is -1.44. The van der Waals surface area contributed by atoms with E-state index >= 15 is 0 Å². The van der Waals surface area contributed by atoms with E-state index in [1.54, 1.807) is 12.1 Å². The number of nitrogens with one attached hydrogen (secondary N) is 2. The number of rotatable bonds is 8. The van der Waals surface area contributed by atoms with E-state index in [-0.39, 0.29) is 16.7 Å². The van der Waals surface area contributed by atoms with Crippen LogP contribution in [0.5, 0.6) is 0 Å². The number of sulfonamides is 1. The molecule has 2 rings (SSSR count). The van der Waals surface area contributed by atoms with E-state index in [1.807, 2.05) is 18.7 Å². The minimum Gasteiger partial charge on any atom is -0.339 e. The zero-order valence-corrected chi connectivity index (χ0v) is 16.8. The molecule has 0 unspecified atom stereocenters. The van der Waals surface area contributed by atoms with Gasteiger partial charge in [-0.1, -0.05) is 20.8 Å². The molecule has 0 bridgehead atoms. The first-order valence-electron chi connectivity index (χ1n) is 9.43. The molecule has 146 valence electrons. The fourth-order valence-electron chi connectivity index (χ4n) is 3.01. The van der Waals surface area contributed by atoms with Gasteiger partial charge in [0.15, 0.2) is 0 Å². The molecule has 1 amide bonds. The average molecular weight is 382 g/mol. The van der Waals surface area contributed by atoms with Crippen LogP contribution in [0.3, 0.4) is 0 Å². The van der Waals surface area contributed by atoms with Crippen molar-refractivity contribution in [3.63, 3.8) is 0 Å². The summed E-state index contributed by atoms with van der Waals surface area (Å²) in [5, 5.41) is 3.36. The summed E-state index contributed by atoms with van der Waals surface area (Å²) in [4.78, 5) is 14.7. The van der Waals surface area contributed by atoms with Crippen LogP contribution in [0.1, 0.15) is 44.0 Å². The number of hydrogen-bond acceptors (Lipinski definition) is 4. The Morgan fingerprint density at radius 3 is 2.35 bits per heavy atom. The molecule has 1 aliphatic rings. The lowest BCUT2D eigenvalue weighted by atomic mass is 9.96. The Balaban J connectivity index is 1.95. The third kappa shape index (κ3) is 5.79. The predicted octanol–water partition coefficient (Wildman–Crippen LogP) is 2.08. The number of amides is 1. The molecule has 2 N–H and O–H groups in total. The van der Waals surface area contributed by atoms with Gasteiger partial charge in [0.2, 0.25) is 10.0 Å². The van der Waals surface area contributed by atoms with Crippen LogP contribution < -0.4 is 10.0 Å². The minimum absolute atomic E-state index is 0.0222. The fraction of sp³-hybridized carbons (Fsp3) is 0.632. The highest BCUT2D eigenvalue weighted by Crippen LogP contribution is 2.19. The fourth-order valence-corrected chi connectivity index (χ4v) is 4.22. The van der Waals surface area contributed by atoms with E-state index in [0.717, 1.165) is 39.0 Å². The van der Waals surface area contributed by atoms with Gasteiger partial charge in [-0.15, -0.1) is 0 Å². The van der Waals surface area contributed by atoms with Gasteiger partial charge in [-0.05, 0) is 62.0 Å². The molecule has 1 fully saturated rings. The maximum Gasteiger partial charge on any atom is 0.253 e. The van der Waals surface area contributed by atoms with Crippen molar-refractivity contribution >= 4 is 15.9 Å². The molecule has 6 nitrogen and oxygen atoms in total. The number of benzene rings is 1. The molecule has 0 spiro atoms. The van der Waals surface area contributed by atoms with E-state index in [9.17, 15) is 13.2 Å². The molecule has 1 heterocycles. The summed E-state index contributed by atoms with van der Waals surface area (Å²) in [7, 11) is -3.52. The van der Waals surface area contributed by atoms with Gasteiger partial charge in [0.25, 0.3) is 5.91 Å². The molecule has 7 heteroatoms. The van der Waals surface area contributed by atoms with E-state index in [0.29, 0.717) is 18.0 Å². The molecular formula is C19H31N3O3S. The summed E-state index contributed by atoms with van der Waals surface area (Å²) < 4.78 is 27.0. The number of piperidine rings is 1. The predicted molar refractivity (Wildman–Crippen MR) is 104 cm³/mol. The summed E-state index contributed by atoms with van der Waals surface area (Å²) in [6.07, 6.45) is 2.01. The van der Waals surface area contributed by atoms with Crippen LogP contribution in [-0.2, 0) is 10.0 Å². The van der Waals surface area contributed by atoms with Gasteiger partial charge in [0, 0.05) is 25.2 Å². The Labute approximate surface area is 157 Å². The van der Waals surface area contributed by atoms with Crippen LogP contribution in [0.15, 0.2) is 29.2 Å². The van der Waals surface area contributed by atoms with E-state index < -0.39 is 10.0 Å². The second-order valence-corrected chi connectivity index (χ2v) is 9.08. The molecule has 1 aromatic carbocycles. The van der Waals surface area contributed by atoms with Crippen molar-refractivity contribution in [3.05, 3.63) is 29.8 Å². The normalized spacial score (nSPS) is 16.2. The van der Waals surface area contributed by atoms with Crippen molar-refractivity contribution in [2.45, 2.75) is 38.5 Å². The Bertz CT molecular complexity index is 678. The standard InChI is InChI=1S/C19H31N3O3S/c1-4-20-14-16-9-11-22(12-10-16)19(23)17-5-7-18(8-6-17)26(24,25)21-13-15(2)3/h5-8,15-16,20-21H,4,9-14H2,1-3H3. The molecule has 0 aromatic heterocycles. The SMILES string of the molecule is CCNCC1CCN(C(=O)c2ccc(S(=O)(=O)NCC(C)C)cc2)CC1. The van der Waals surface area contributed by atoms with Gasteiger partial charge >= 0.3 is 0 Å². The monoisotopic (exact) mass is 381 g/mol. The first kappa shape index (κ1) is 20.9. The lowest BCUT2D eigenvalue weighted by molar-refractivity contribution is 0.0690. The summed E-state index contributed by atoms with van der Waals surface area (Å²) in [6.45, 7) is 9.88. The second-order valence-electron chi connectivity index (χ2n) is 7.31. The third-order valence-electron chi connectivity index (χ3n) is 4.68. The molecule has 1 aliphatic heterocycles. The van der Waals surface area contributed by atoms with Crippen LogP contribution in [0, 0.1) is 11.8 Å². The van der Waals surface area contributed by atoms with Crippen molar-refractivity contribution in [2.24, 2.45) is 11.8 Å². The van der Waals surface area contributed by atoms with Gasteiger partial charge in [-0.3, -0.25) is 4.79 Å². The summed E-state index contributed by atoms with van der Waals surface area (Å²) in [5.41, 5.74) is 0.540. The number of carbonyl (C=O) groups excluding carboxylic acids is 1. The average Bonchev–Trinajstić information content (AvgIpc) is 2.65. The molecule has 0 aliphatic carbocycles. The molecular weight excluding hydrogens is 350 g/mol. The van der Waals surface area contributed by atoms with Crippen LogP contribution >= 0.6 is 0 Å². The van der Waals surface area contributed by atoms with Crippen LogP contribution in [0.4, 0.5) is 0 Å². The summed E-state index contributed by atoms with van der Waals surface area (Å²) >= 11 is 0. The maximum atomic E-state index is 12.6. The zero-order valence-electron chi connectivity index (χ0n) is 16.0. The van der Waals surface area contributed by atoms with Gasteiger partial charge in [-0.25, -0.2) is 13.1 Å². The van der Waals surface area contributed by atoms with E-state index in [4.69, 9.17) is 0 Å². The molecule has 26 heavy (non-hydrogen) atoms. The summed E-state index contributed by atoms with van der Waals surface area (Å²) in [6, 6.07) is 6.23. The van der Waals surface area contributed by atoms with Gasteiger partial charge in [-0.2, -0.15) is 0 Å². The molecule has 1 saturated heterocycles. The Morgan fingerprint density at radius 2 is 1.81 bits per heavy atom. The number of carbonyl (C=O) groups is 1. The summed E-state index contributed by atoms with van der Waals surface area (Å²) in [5.74, 6) is 0.839. The molecule has 0 saturated carbocycles. The Morgan fingerprint density at radius 1 is 1.19 bits per heavy atom. The van der Waals surface area contributed by atoms with Crippen molar-refractivity contribution in [3.8, 4) is 0 Å². The number of likely N-dealkylation sites (tertiary alicyclic amines) is 1. The third-order valence-corrected chi connectivity index (χ3v) is 6.12. The number of nitrogens with zero attached hydrogens (tertiary/aromatic N) is 1. The Kier molecular flexibility index (Phi) is 7.61. The highest BCUT2D eigenvalue weighted by molar-refractivity contribution is 7.89. The lowest BCUT2D eigenvalue weighted by Crippen LogP contribution is -2.40. The largest absolute Gasteiger partial charge is 0.339 e. The van der Waals surface area contributed by atoms with Crippen molar-refractivity contribution in [1.29, 1.82) is 0 Å². The van der Waals surface area contributed by atoms with Crippen LogP contribution in [0.25, 0.3) is 0 Å². The molecule has 0 atom stereocenters. The second kappa shape index (κ2) is 9.48. The lowest BCUT2D eigenvalue weighted by Gasteiger charge is -2.32. The first-order valence-corrected chi connectivity index (χ1v) is 10.9. The highest BCUT2D eigenvalue weighted by Gasteiger charge is 2.24. The molecule has 1 aromatic rings. The quantitative estimate of drug-likeness (QED) is 0.723. The van der Waals surface area contributed by atoms with Crippen molar-refractivity contribution in [1.82, 2.24) is 14.9 Å². The molecule has 0 radical (unpaired) electrons. The first-order chi connectivity index (χ1) is 12.3.